The number of nitrogens with one attached hydrogen (secondary N) is 1. The van der Waals surface area contributed by atoms with E-state index in [-0.39, 0.29) is 0 Å². The molecule has 0 radical (unpaired) electrons. The number of hydrogen-bond acceptors (Lipinski definition) is 5. The average molecular weight is 270 g/mol. The van der Waals surface area contributed by atoms with Crippen LogP contribution in [0, 0.1) is 0 Å². The van der Waals surface area contributed by atoms with Crippen LogP contribution in [0.15, 0.2) is 42.0 Å². The average Bonchev–Trinajstić information content (AvgIpc) is 2.95. The van der Waals surface area contributed by atoms with Crippen molar-refractivity contribution in [3.8, 4) is 0 Å². The first-order chi connectivity index (χ1) is 9.34. The highest BCUT2D eigenvalue weighted by Crippen LogP contribution is 2.26. The van der Waals surface area contributed by atoms with Crippen molar-refractivity contribution < 1.29 is 0 Å². The minimum atomic E-state index is 0.758. The highest BCUT2D eigenvalue weighted by Gasteiger charge is 2.04. The Hall–Kier alpha value is -2.14. The van der Waals surface area contributed by atoms with Gasteiger partial charge in [0, 0.05) is 41.8 Å². The molecule has 5 heteroatoms. The van der Waals surface area contributed by atoms with Gasteiger partial charge in [-0.25, -0.2) is 4.98 Å². The lowest BCUT2D eigenvalue weighted by molar-refractivity contribution is 0.999. The van der Waals surface area contributed by atoms with Crippen molar-refractivity contribution in [2.75, 3.05) is 17.6 Å². The molecule has 96 valence electrons. The Morgan fingerprint density at radius 1 is 1.16 bits per heavy atom. The van der Waals surface area contributed by atoms with Gasteiger partial charge in [0.25, 0.3) is 0 Å². The first-order valence-electron chi connectivity index (χ1n) is 6.10. The van der Waals surface area contributed by atoms with Crippen molar-refractivity contribution in [2.45, 2.75) is 6.42 Å². The molecule has 1 aromatic carbocycles. The second-order valence-electron chi connectivity index (χ2n) is 4.20. The van der Waals surface area contributed by atoms with Crippen molar-refractivity contribution in [3.05, 3.63) is 47.0 Å². The molecule has 4 nitrogen and oxygen atoms in total. The van der Waals surface area contributed by atoms with Crippen LogP contribution in [0.1, 0.15) is 5.01 Å². The Labute approximate surface area is 115 Å². The van der Waals surface area contributed by atoms with Gasteiger partial charge in [-0.05, 0) is 24.3 Å². The third-order valence-corrected chi connectivity index (χ3v) is 3.78. The Bertz CT molecular complexity index is 679. The number of nitrogens with two attached hydrogens (primary N) is 1. The molecule has 2 aromatic heterocycles. The van der Waals surface area contributed by atoms with Crippen molar-refractivity contribution >= 4 is 33.6 Å². The zero-order valence-corrected chi connectivity index (χ0v) is 11.2. The van der Waals surface area contributed by atoms with E-state index < -0.39 is 0 Å². The summed E-state index contributed by atoms with van der Waals surface area (Å²) in [5.74, 6) is 0. The zero-order chi connectivity index (χ0) is 13.1. The fourth-order valence-corrected chi connectivity index (χ4v) is 2.64. The molecule has 3 N–H and O–H groups in total. The topological polar surface area (TPSA) is 63.8 Å². The number of rotatable bonds is 4. The quantitative estimate of drug-likeness (QED) is 0.715. The molecule has 0 fully saturated rings. The number of aromatic nitrogens is 2. The smallest absolute Gasteiger partial charge is 0.0953 e. The van der Waals surface area contributed by atoms with Crippen LogP contribution in [0.4, 0.5) is 11.4 Å². The minimum absolute atomic E-state index is 0.758. The summed E-state index contributed by atoms with van der Waals surface area (Å²) in [6.45, 7) is 0.836. The van der Waals surface area contributed by atoms with E-state index in [0.717, 1.165) is 40.3 Å². The summed E-state index contributed by atoms with van der Waals surface area (Å²) in [5, 5.41) is 7.52. The molecule has 3 aromatic rings. The maximum Gasteiger partial charge on any atom is 0.0953 e. The minimum Gasteiger partial charge on any atom is -0.398 e. The Morgan fingerprint density at radius 3 is 2.95 bits per heavy atom. The molecule has 0 amide bonds. The summed E-state index contributed by atoms with van der Waals surface area (Å²) in [7, 11) is 0. The van der Waals surface area contributed by atoms with Crippen molar-refractivity contribution in [1.82, 2.24) is 9.97 Å². The number of pyridine rings is 1. The maximum absolute atomic E-state index is 5.95. The molecule has 2 heterocycles. The largest absolute Gasteiger partial charge is 0.398 e. The predicted octanol–water partition coefficient (Wildman–Crippen LogP) is 2.93. The molecular formula is C14H14N4S. The van der Waals surface area contributed by atoms with Crippen LogP contribution < -0.4 is 11.1 Å². The zero-order valence-electron chi connectivity index (χ0n) is 10.3. The molecule has 0 spiro atoms. The second-order valence-corrected chi connectivity index (χ2v) is 5.18. The summed E-state index contributed by atoms with van der Waals surface area (Å²) in [6.07, 6.45) is 4.53. The lowest BCUT2D eigenvalue weighted by Gasteiger charge is -2.09. The van der Waals surface area contributed by atoms with Gasteiger partial charge in [0.05, 0.1) is 16.2 Å². The van der Waals surface area contributed by atoms with Crippen LogP contribution in [0.2, 0.25) is 0 Å². The highest BCUT2D eigenvalue weighted by atomic mass is 32.1. The van der Waals surface area contributed by atoms with Crippen molar-refractivity contribution in [1.29, 1.82) is 0 Å². The standard InChI is InChI=1S/C14H14N4S/c15-11-3-4-12(14-10(11)2-1-6-18-14)16-7-5-13-17-8-9-19-13/h1-4,6,8-9,16H,5,7,15H2. The number of nitrogens with zero attached hydrogens (tertiary/aromatic N) is 2. The summed E-state index contributed by atoms with van der Waals surface area (Å²) < 4.78 is 0. The van der Waals surface area contributed by atoms with Crippen LogP contribution in [-0.4, -0.2) is 16.5 Å². The molecule has 0 bridgehead atoms. The van der Waals surface area contributed by atoms with Crippen LogP contribution in [0.3, 0.4) is 0 Å². The first-order valence-corrected chi connectivity index (χ1v) is 6.98. The number of fused-ring (bicyclic) bond motifs is 1. The van der Waals surface area contributed by atoms with E-state index in [1.54, 1.807) is 17.5 Å². The fourth-order valence-electron chi connectivity index (χ4n) is 2.02. The van der Waals surface area contributed by atoms with E-state index in [2.05, 4.69) is 15.3 Å². The summed E-state index contributed by atoms with van der Waals surface area (Å²) >= 11 is 1.68. The van der Waals surface area contributed by atoms with Gasteiger partial charge in [0.2, 0.25) is 0 Å². The van der Waals surface area contributed by atoms with Gasteiger partial charge in [-0.3, -0.25) is 4.98 Å². The number of anilines is 2. The molecule has 0 aliphatic carbocycles. The molecule has 3 rings (SSSR count). The number of nitrogen functional groups attached to an aromatic ring is 1. The fraction of sp³-hybridized carbons (Fsp3) is 0.143. The van der Waals surface area contributed by atoms with Crippen molar-refractivity contribution in [2.24, 2.45) is 0 Å². The van der Waals surface area contributed by atoms with Gasteiger partial charge in [0.1, 0.15) is 0 Å². The summed E-state index contributed by atoms with van der Waals surface area (Å²) in [6, 6.07) is 7.78. The SMILES string of the molecule is Nc1ccc(NCCc2nccs2)c2ncccc12. The van der Waals surface area contributed by atoms with Gasteiger partial charge in [-0.2, -0.15) is 0 Å². The van der Waals surface area contributed by atoms with Gasteiger partial charge in [-0.1, -0.05) is 0 Å². The lowest BCUT2D eigenvalue weighted by Crippen LogP contribution is -2.05. The predicted molar refractivity (Wildman–Crippen MR) is 80.5 cm³/mol. The second kappa shape index (κ2) is 5.24. The third kappa shape index (κ3) is 2.51. The molecule has 0 aliphatic rings. The third-order valence-electron chi connectivity index (χ3n) is 2.94. The summed E-state index contributed by atoms with van der Waals surface area (Å²) in [5.41, 5.74) is 8.65. The first kappa shape index (κ1) is 11.9. The van der Waals surface area contributed by atoms with Crippen LogP contribution in [-0.2, 0) is 6.42 Å². The molecular weight excluding hydrogens is 256 g/mol. The van der Waals surface area contributed by atoms with E-state index in [1.165, 1.54) is 0 Å². The van der Waals surface area contributed by atoms with E-state index in [1.807, 2.05) is 35.8 Å². The Kier molecular flexibility index (Phi) is 3.29. The van der Waals surface area contributed by atoms with Crippen LogP contribution >= 0.6 is 11.3 Å². The molecule has 0 saturated carbocycles. The van der Waals surface area contributed by atoms with Gasteiger partial charge >= 0.3 is 0 Å². The van der Waals surface area contributed by atoms with E-state index in [0.29, 0.717) is 0 Å². The van der Waals surface area contributed by atoms with Gasteiger partial charge in [-0.15, -0.1) is 11.3 Å². The van der Waals surface area contributed by atoms with E-state index in [9.17, 15) is 0 Å². The monoisotopic (exact) mass is 270 g/mol. The number of hydrogen-bond donors (Lipinski definition) is 2. The molecule has 19 heavy (non-hydrogen) atoms. The lowest BCUT2D eigenvalue weighted by atomic mass is 10.1. The number of benzene rings is 1. The van der Waals surface area contributed by atoms with Crippen LogP contribution in [0.25, 0.3) is 10.9 Å². The van der Waals surface area contributed by atoms with Crippen molar-refractivity contribution in [3.63, 3.8) is 0 Å². The Morgan fingerprint density at radius 2 is 2.11 bits per heavy atom. The maximum atomic E-state index is 5.95. The molecule has 0 atom stereocenters. The van der Waals surface area contributed by atoms with E-state index >= 15 is 0 Å². The number of thiazole rings is 1. The molecule has 0 aliphatic heterocycles. The Balaban J connectivity index is 1.79. The summed E-state index contributed by atoms with van der Waals surface area (Å²) in [4.78, 5) is 8.67. The highest BCUT2D eigenvalue weighted by molar-refractivity contribution is 7.09. The van der Waals surface area contributed by atoms with E-state index in [4.69, 9.17) is 5.73 Å². The van der Waals surface area contributed by atoms with Gasteiger partial charge < -0.3 is 11.1 Å². The molecule has 0 unspecified atom stereocenters. The normalized spacial score (nSPS) is 10.7. The van der Waals surface area contributed by atoms with Gasteiger partial charge in [0.15, 0.2) is 0 Å². The molecule has 0 saturated heterocycles. The van der Waals surface area contributed by atoms with Crippen LogP contribution in [0.5, 0.6) is 0 Å².